The zero-order valence-corrected chi connectivity index (χ0v) is 13.5. The summed E-state index contributed by atoms with van der Waals surface area (Å²) in [6.07, 6.45) is 0. The van der Waals surface area contributed by atoms with E-state index in [1.807, 2.05) is 43.3 Å². The zero-order chi connectivity index (χ0) is 16.8. The van der Waals surface area contributed by atoms with E-state index in [9.17, 15) is 9.59 Å². The highest BCUT2D eigenvalue weighted by Crippen LogP contribution is 2.16. The van der Waals surface area contributed by atoms with Crippen LogP contribution in [0.3, 0.4) is 0 Å². The predicted octanol–water partition coefficient (Wildman–Crippen LogP) is 2.97. The van der Waals surface area contributed by atoms with Gasteiger partial charge in [0.25, 0.3) is 5.91 Å². The molecule has 0 aliphatic heterocycles. The highest BCUT2D eigenvalue weighted by Gasteiger charge is 2.06. The fourth-order valence-electron chi connectivity index (χ4n) is 1.99. The van der Waals surface area contributed by atoms with Crippen molar-refractivity contribution >= 4 is 23.1 Å². The minimum absolute atomic E-state index is 0.0408. The van der Waals surface area contributed by atoms with E-state index >= 15 is 0 Å². The Bertz CT molecular complexity index is 694. The standard InChI is InChI=1S/C18H20N2O3/c1-13(21)14-5-4-6-17(11-14)23-12-18(22)19-15-7-9-16(10-8-15)20(2)3/h4-11H,12H2,1-3H3,(H,19,22). The van der Waals surface area contributed by atoms with Crippen molar-refractivity contribution in [3.05, 3.63) is 54.1 Å². The molecule has 2 rings (SSSR count). The maximum atomic E-state index is 11.9. The Morgan fingerprint density at radius 3 is 2.39 bits per heavy atom. The number of benzene rings is 2. The monoisotopic (exact) mass is 312 g/mol. The van der Waals surface area contributed by atoms with E-state index in [-0.39, 0.29) is 18.3 Å². The van der Waals surface area contributed by atoms with Crippen LogP contribution >= 0.6 is 0 Å². The van der Waals surface area contributed by atoms with Crippen molar-refractivity contribution in [3.8, 4) is 5.75 Å². The maximum Gasteiger partial charge on any atom is 0.262 e. The van der Waals surface area contributed by atoms with Crippen LogP contribution in [-0.2, 0) is 4.79 Å². The third kappa shape index (κ3) is 4.85. The Kier molecular flexibility index (Phi) is 5.36. The second-order valence-corrected chi connectivity index (χ2v) is 5.36. The summed E-state index contributed by atoms with van der Waals surface area (Å²) in [4.78, 5) is 25.2. The molecular weight excluding hydrogens is 292 g/mol. The summed E-state index contributed by atoms with van der Waals surface area (Å²) < 4.78 is 5.42. The van der Waals surface area contributed by atoms with E-state index in [1.54, 1.807) is 24.3 Å². The molecule has 23 heavy (non-hydrogen) atoms. The number of carbonyl (C=O) groups is 2. The number of anilines is 2. The third-order valence-electron chi connectivity index (χ3n) is 3.28. The molecular formula is C18H20N2O3. The lowest BCUT2D eigenvalue weighted by Crippen LogP contribution is -2.20. The van der Waals surface area contributed by atoms with Crippen LogP contribution in [0.2, 0.25) is 0 Å². The van der Waals surface area contributed by atoms with E-state index in [4.69, 9.17) is 4.74 Å². The fourth-order valence-corrected chi connectivity index (χ4v) is 1.99. The summed E-state index contributed by atoms with van der Waals surface area (Å²) in [5.41, 5.74) is 2.32. The lowest BCUT2D eigenvalue weighted by atomic mass is 10.1. The van der Waals surface area contributed by atoms with Crippen molar-refractivity contribution in [2.45, 2.75) is 6.92 Å². The highest BCUT2D eigenvalue weighted by atomic mass is 16.5. The molecule has 120 valence electrons. The van der Waals surface area contributed by atoms with E-state index < -0.39 is 0 Å². The van der Waals surface area contributed by atoms with E-state index in [1.165, 1.54) is 6.92 Å². The average Bonchev–Trinajstić information content (AvgIpc) is 2.53. The van der Waals surface area contributed by atoms with E-state index in [0.717, 1.165) is 5.69 Å². The maximum absolute atomic E-state index is 11.9. The van der Waals surface area contributed by atoms with Gasteiger partial charge in [-0.1, -0.05) is 12.1 Å². The molecule has 1 amide bonds. The smallest absolute Gasteiger partial charge is 0.262 e. The molecule has 0 aromatic heterocycles. The third-order valence-corrected chi connectivity index (χ3v) is 3.28. The Morgan fingerprint density at radius 1 is 1.09 bits per heavy atom. The van der Waals surface area contributed by atoms with Crippen molar-refractivity contribution in [1.29, 1.82) is 0 Å². The topological polar surface area (TPSA) is 58.6 Å². The van der Waals surface area contributed by atoms with Gasteiger partial charge in [-0.2, -0.15) is 0 Å². The van der Waals surface area contributed by atoms with Gasteiger partial charge in [0.05, 0.1) is 0 Å². The van der Waals surface area contributed by atoms with Crippen molar-refractivity contribution in [1.82, 2.24) is 0 Å². The second-order valence-electron chi connectivity index (χ2n) is 5.36. The van der Waals surface area contributed by atoms with Gasteiger partial charge in [-0.3, -0.25) is 9.59 Å². The normalized spacial score (nSPS) is 10.0. The number of nitrogens with one attached hydrogen (secondary N) is 1. The van der Waals surface area contributed by atoms with Gasteiger partial charge < -0.3 is 15.0 Å². The Labute approximate surface area is 135 Å². The predicted molar refractivity (Wildman–Crippen MR) is 91.3 cm³/mol. The largest absolute Gasteiger partial charge is 0.484 e. The number of rotatable bonds is 6. The number of hydrogen-bond donors (Lipinski definition) is 1. The summed E-state index contributed by atoms with van der Waals surface area (Å²) in [6.45, 7) is 1.38. The molecule has 0 heterocycles. The number of ketones is 1. The first-order valence-electron chi connectivity index (χ1n) is 7.27. The number of nitrogens with zero attached hydrogens (tertiary/aromatic N) is 1. The van der Waals surface area contributed by atoms with E-state index in [0.29, 0.717) is 17.0 Å². The first-order chi connectivity index (χ1) is 11.0. The molecule has 0 unspecified atom stereocenters. The SMILES string of the molecule is CC(=O)c1cccc(OCC(=O)Nc2ccc(N(C)C)cc2)c1. The Balaban J connectivity index is 1.90. The minimum Gasteiger partial charge on any atom is -0.484 e. The molecule has 0 fully saturated rings. The lowest BCUT2D eigenvalue weighted by molar-refractivity contribution is -0.118. The van der Waals surface area contributed by atoms with Gasteiger partial charge in [0.15, 0.2) is 12.4 Å². The van der Waals surface area contributed by atoms with Crippen LogP contribution in [-0.4, -0.2) is 32.4 Å². The van der Waals surface area contributed by atoms with Gasteiger partial charge in [0, 0.05) is 31.0 Å². The summed E-state index contributed by atoms with van der Waals surface area (Å²) in [5.74, 6) is 0.201. The Hall–Kier alpha value is -2.82. The first kappa shape index (κ1) is 16.5. The van der Waals surface area contributed by atoms with Gasteiger partial charge in [-0.15, -0.1) is 0 Å². The molecule has 0 aliphatic carbocycles. The summed E-state index contributed by atoms with van der Waals surface area (Å²) >= 11 is 0. The van der Waals surface area contributed by atoms with Crippen molar-refractivity contribution in [2.75, 3.05) is 30.9 Å². The molecule has 2 aromatic carbocycles. The Morgan fingerprint density at radius 2 is 1.78 bits per heavy atom. The molecule has 0 radical (unpaired) electrons. The summed E-state index contributed by atoms with van der Waals surface area (Å²) in [5, 5.41) is 2.77. The molecule has 0 aliphatic rings. The highest BCUT2D eigenvalue weighted by molar-refractivity contribution is 5.94. The molecule has 0 atom stereocenters. The second kappa shape index (κ2) is 7.45. The summed E-state index contributed by atoms with van der Waals surface area (Å²) in [7, 11) is 3.91. The molecule has 0 spiro atoms. The average molecular weight is 312 g/mol. The van der Waals surface area contributed by atoms with Crippen LogP contribution in [0.15, 0.2) is 48.5 Å². The molecule has 0 saturated heterocycles. The van der Waals surface area contributed by atoms with Crippen LogP contribution in [0, 0.1) is 0 Å². The number of Topliss-reactive ketones (excluding diaryl/α,β-unsaturated/α-hetero) is 1. The first-order valence-corrected chi connectivity index (χ1v) is 7.27. The van der Waals surface area contributed by atoms with Crippen LogP contribution in [0.1, 0.15) is 17.3 Å². The molecule has 0 saturated carbocycles. The molecule has 1 N–H and O–H groups in total. The lowest BCUT2D eigenvalue weighted by Gasteiger charge is -2.13. The van der Waals surface area contributed by atoms with Crippen LogP contribution in [0.5, 0.6) is 5.75 Å². The van der Waals surface area contributed by atoms with Crippen molar-refractivity contribution in [2.24, 2.45) is 0 Å². The van der Waals surface area contributed by atoms with Gasteiger partial charge in [-0.25, -0.2) is 0 Å². The molecule has 5 nitrogen and oxygen atoms in total. The number of carbonyl (C=O) groups excluding carboxylic acids is 2. The fraction of sp³-hybridized carbons (Fsp3) is 0.222. The number of hydrogen-bond acceptors (Lipinski definition) is 4. The zero-order valence-electron chi connectivity index (χ0n) is 13.5. The molecule has 5 heteroatoms. The molecule has 2 aromatic rings. The number of ether oxygens (including phenoxy) is 1. The van der Waals surface area contributed by atoms with Crippen LogP contribution in [0.25, 0.3) is 0 Å². The summed E-state index contributed by atoms with van der Waals surface area (Å²) in [6, 6.07) is 14.3. The van der Waals surface area contributed by atoms with Crippen LogP contribution < -0.4 is 15.0 Å². The van der Waals surface area contributed by atoms with Gasteiger partial charge in [-0.05, 0) is 43.3 Å². The number of amides is 1. The van der Waals surface area contributed by atoms with Gasteiger partial charge in [0.1, 0.15) is 5.75 Å². The molecule has 0 bridgehead atoms. The van der Waals surface area contributed by atoms with E-state index in [2.05, 4.69) is 5.32 Å². The quantitative estimate of drug-likeness (QED) is 0.833. The van der Waals surface area contributed by atoms with Crippen LogP contribution in [0.4, 0.5) is 11.4 Å². The minimum atomic E-state index is -0.254. The van der Waals surface area contributed by atoms with Gasteiger partial charge in [0.2, 0.25) is 0 Å². The van der Waals surface area contributed by atoms with Crippen molar-refractivity contribution < 1.29 is 14.3 Å². The van der Waals surface area contributed by atoms with Gasteiger partial charge >= 0.3 is 0 Å². The van der Waals surface area contributed by atoms with Crippen molar-refractivity contribution in [3.63, 3.8) is 0 Å².